The lowest BCUT2D eigenvalue weighted by Crippen LogP contribution is -2.34. The number of allylic oxidation sites excluding steroid dienone is 1. The van der Waals surface area contributed by atoms with E-state index < -0.39 is 5.82 Å². The molecule has 0 aliphatic carbocycles. The molecule has 9 nitrogen and oxygen atoms in total. The van der Waals surface area contributed by atoms with Crippen LogP contribution in [0.1, 0.15) is 28.4 Å². The number of aromatic nitrogens is 4. The standard InChI is InChI=1S/C25H22FN7O2/c1-35-23-15(26)6-4-7-16(23)31-22-18-19-13(11-29-24(18)34)5-2-3-9-28-25-30-12-17-20(33-25)14(8-10-27-17)21(22)32-19/h2-4,6-8,10,12-13,31-32H,5,9,11H2,1H3,(H,29,34)(H,28,30,33)/b3-2+/t13-/m1/s1. The van der Waals surface area contributed by atoms with Crippen LogP contribution < -0.4 is 20.7 Å². The third-order valence-corrected chi connectivity index (χ3v) is 6.32. The van der Waals surface area contributed by atoms with Gasteiger partial charge in [-0.25, -0.2) is 14.4 Å². The van der Waals surface area contributed by atoms with E-state index >= 15 is 0 Å². The number of amides is 1. The van der Waals surface area contributed by atoms with Crippen molar-refractivity contribution in [2.45, 2.75) is 12.3 Å². The van der Waals surface area contributed by atoms with Crippen molar-refractivity contribution in [1.29, 1.82) is 0 Å². The van der Waals surface area contributed by atoms with E-state index in [0.29, 0.717) is 52.7 Å². The molecule has 4 N–H and O–H groups in total. The Balaban J connectivity index is 1.64. The number of carbonyl (C=O) groups is 1. The number of hydrogen-bond donors (Lipinski definition) is 4. The van der Waals surface area contributed by atoms with Gasteiger partial charge in [0.05, 0.1) is 35.9 Å². The predicted octanol–water partition coefficient (Wildman–Crippen LogP) is 4.11. The summed E-state index contributed by atoms with van der Waals surface area (Å²) in [5.41, 5.74) is 4.87. The van der Waals surface area contributed by atoms with Crippen molar-refractivity contribution in [2.75, 3.05) is 30.8 Å². The minimum atomic E-state index is -0.504. The van der Waals surface area contributed by atoms with Gasteiger partial charge in [0.25, 0.3) is 5.91 Å². The summed E-state index contributed by atoms with van der Waals surface area (Å²) in [6.07, 6.45) is 8.16. The predicted molar refractivity (Wildman–Crippen MR) is 131 cm³/mol. The molecular formula is C25H22FN7O2. The fraction of sp³-hybridized carbons (Fsp3) is 0.200. The third kappa shape index (κ3) is 3.54. The summed E-state index contributed by atoms with van der Waals surface area (Å²) in [5, 5.41) is 9.51. The lowest BCUT2D eigenvalue weighted by atomic mass is 9.93. The van der Waals surface area contributed by atoms with Crippen LogP contribution in [0.2, 0.25) is 0 Å². The van der Waals surface area contributed by atoms with E-state index in [0.717, 1.165) is 17.7 Å². The summed E-state index contributed by atoms with van der Waals surface area (Å²) in [5.74, 6) is -0.133. The van der Waals surface area contributed by atoms with E-state index in [4.69, 9.17) is 9.72 Å². The van der Waals surface area contributed by atoms with Crippen molar-refractivity contribution in [3.8, 4) is 17.0 Å². The van der Waals surface area contributed by atoms with E-state index in [9.17, 15) is 9.18 Å². The van der Waals surface area contributed by atoms with Crippen LogP contribution in [0.25, 0.3) is 22.3 Å². The van der Waals surface area contributed by atoms with Crippen molar-refractivity contribution in [3.05, 3.63) is 65.9 Å². The number of pyridine rings is 1. The van der Waals surface area contributed by atoms with Crippen LogP contribution in [0.5, 0.6) is 5.75 Å². The Hall–Kier alpha value is -4.47. The first kappa shape index (κ1) is 21.1. The number of methoxy groups -OCH3 is 1. The second kappa shape index (κ2) is 8.39. The first-order valence-electron chi connectivity index (χ1n) is 11.3. The van der Waals surface area contributed by atoms with Gasteiger partial charge in [0, 0.05) is 36.5 Å². The van der Waals surface area contributed by atoms with Gasteiger partial charge in [-0.05, 0) is 24.6 Å². The molecule has 2 aliphatic heterocycles. The highest BCUT2D eigenvalue weighted by Gasteiger charge is 2.33. The highest BCUT2D eigenvalue weighted by Crippen LogP contribution is 2.43. The number of nitrogens with zero attached hydrogens (tertiary/aromatic N) is 3. The molecule has 0 unspecified atom stereocenters. The lowest BCUT2D eigenvalue weighted by molar-refractivity contribution is 0.0941. The fourth-order valence-electron chi connectivity index (χ4n) is 4.67. The zero-order valence-electron chi connectivity index (χ0n) is 18.9. The number of hydrogen-bond acceptors (Lipinski definition) is 7. The van der Waals surface area contributed by atoms with Gasteiger partial charge in [-0.15, -0.1) is 0 Å². The van der Waals surface area contributed by atoms with Crippen molar-refractivity contribution in [3.63, 3.8) is 0 Å². The van der Waals surface area contributed by atoms with Crippen molar-refractivity contribution >= 4 is 34.3 Å². The molecular weight excluding hydrogens is 449 g/mol. The van der Waals surface area contributed by atoms with E-state index in [1.807, 2.05) is 12.1 Å². The number of benzene rings is 1. The molecule has 2 aliphatic rings. The number of para-hydroxylation sites is 1. The van der Waals surface area contributed by atoms with Crippen LogP contribution in [0.15, 0.2) is 48.8 Å². The number of fused-ring (bicyclic) bond motifs is 3. The number of nitrogens with one attached hydrogen (secondary N) is 4. The molecule has 0 radical (unpaired) electrons. The minimum Gasteiger partial charge on any atom is -0.492 e. The molecule has 1 atom stereocenters. The number of rotatable bonds is 3. The fourth-order valence-corrected chi connectivity index (χ4v) is 4.67. The normalized spacial score (nSPS) is 17.5. The van der Waals surface area contributed by atoms with Gasteiger partial charge >= 0.3 is 0 Å². The van der Waals surface area contributed by atoms with Crippen LogP contribution in [0, 0.1) is 5.82 Å². The molecule has 4 bridgehead atoms. The second-order valence-corrected chi connectivity index (χ2v) is 8.39. The summed E-state index contributed by atoms with van der Waals surface area (Å²) in [4.78, 5) is 30.2. The lowest BCUT2D eigenvalue weighted by Gasteiger charge is -2.23. The molecule has 176 valence electrons. The quantitative estimate of drug-likeness (QED) is 0.332. The summed E-state index contributed by atoms with van der Waals surface area (Å²) in [6, 6.07) is 6.47. The number of aromatic amines is 1. The average molecular weight is 471 g/mol. The summed E-state index contributed by atoms with van der Waals surface area (Å²) < 4.78 is 19.8. The van der Waals surface area contributed by atoms with Gasteiger partial charge in [0.1, 0.15) is 11.0 Å². The Morgan fingerprint density at radius 2 is 2.09 bits per heavy atom. The topological polar surface area (TPSA) is 117 Å². The third-order valence-electron chi connectivity index (χ3n) is 6.32. The molecule has 35 heavy (non-hydrogen) atoms. The van der Waals surface area contributed by atoms with Crippen LogP contribution >= 0.6 is 0 Å². The van der Waals surface area contributed by atoms with E-state index in [1.54, 1.807) is 24.5 Å². The largest absolute Gasteiger partial charge is 0.492 e. The molecule has 0 saturated heterocycles. The van der Waals surface area contributed by atoms with Gasteiger partial charge in [-0.2, -0.15) is 0 Å². The van der Waals surface area contributed by atoms with Crippen molar-refractivity contribution < 1.29 is 13.9 Å². The Morgan fingerprint density at radius 3 is 2.97 bits per heavy atom. The van der Waals surface area contributed by atoms with Gasteiger partial charge < -0.3 is 25.7 Å². The first-order valence-corrected chi connectivity index (χ1v) is 11.3. The van der Waals surface area contributed by atoms with Crippen LogP contribution in [0.3, 0.4) is 0 Å². The van der Waals surface area contributed by atoms with Crippen LogP contribution in [0.4, 0.5) is 21.7 Å². The molecule has 6 rings (SSSR count). The monoisotopic (exact) mass is 471 g/mol. The molecule has 1 aromatic carbocycles. The number of halogens is 1. The summed E-state index contributed by atoms with van der Waals surface area (Å²) >= 11 is 0. The average Bonchev–Trinajstić information content (AvgIpc) is 3.24. The molecule has 3 aromatic heterocycles. The SMILES string of the molecule is COc1c(F)cccc1Nc1c2[nH]c3c1C(=O)NC[C@H]3C/C=C/CNc1ncc3nccc-2c3n1. The van der Waals surface area contributed by atoms with Crippen LogP contribution in [-0.4, -0.2) is 46.0 Å². The Kier molecular flexibility index (Phi) is 5.05. The zero-order valence-corrected chi connectivity index (χ0v) is 18.9. The molecule has 0 saturated carbocycles. The number of anilines is 3. The first-order chi connectivity index (χ1) is 17.1. The second-order valence-electron chi connectivity index (χ2n) is 8.39. The highest BCUT2D eigenvalue weighted by molar-refractivity contribution is 6.08. The van der Waals surface area contributed by atoms with E-state index in [2.05, 4.69) is 37.0 Å². The smallest absolute Gasteiger partial charge is 0.255 e. The van der Waals surface area contributed by atoms with E-state index in [1.165, 1.54) is 13.2 Å². The molecule has 0 spiro atoms. The molecule has 4 aromatic rings. The Morgan fingerprint density at radius 1 is 1.17 bits per heavy atom. The van der Waals surface area contributed by atoms with Gasteiger partial charge in [-0.1, -0.05) is 18.2 Å². The Labute approximate surface area is 199 Å². The van der Waals surface area contributed by atoms with Gasteiger partial charge in [0.15, 0.2) is 11.6 Å². The molecule has 1 amide bonds. The maximum Gasteiger partial charge on any atom is 0.255 e. The van der Waals surface area contributed by atoms with Crippen LogP contribution in [-0.2, 0) is 0 Å². The number of carbonyl (C=O) groups excluding carboxylic acids is 1. The van der Waals surface area contributed by atoms with E-state index in [-0.39, 0.29) is 17.6 Å². The minimum absolute atomic E-state index is 0.0370. The molecule has 0 fully saturated rings. The number of ether oxygens (including phenoxy) is 1. The number of H-pyrrole nitrogens is 1. The highest BCUT2D eigenvalue weighted by atomic mass is 19.1. The summed E-state index contributed by atoms with van der Waals surface area (Å²) in [6.45, 7) is 1.08. The Bertz CT molecular complexity index is 1500. The van der Waals surface area contributed by atoms with Crippen molar-refractivity contribution in [2.24, 2.45) is 0 Å². The van der Waals surface area contributed by atoms with Crippen molar-refractivity contribution in [1.82, 2.24) is 25.3 Å². The summed E-state index contributed by atoms with van der Waals surface area (Å²) in [7, 11) is 1.41. The van der Waals surface area contributed by atoms with Gasteiger partial charge in [-0.3, -0.25) is 9.78 Å². The maximum absolute atomic E-state index is 14.5. The van der Waals surface area contributed by atoms with Gasteiger partial charge in [0.2, 0.25) is 5.95 Å². The zero-order chi connectivity index (χ0) is 23.9. The maximum atomic E-state index is 14.5. The molecule has 5 heterocycles. The molecule has 10 heteroatoms.